The summed E-state index contributed by atoms with van der Waals surface area (Å²) in [7, 11) is 0. The molecule has 0 radical (unpaired) electrons. The van der Waals surface area contributed by atoms with E-state index in [4.69, 9.17) is 9.15 Å². The molecule has 0 saturated heterocycles. The average Bonchev–Trinajstić information content (AvgIpc) is 3.31. The van der Waals surface area contributed by atoms with Crippen molar-refractivity contribution in [2.75, 3.05) is 16.8 Å². The van der Waals surface area contributed by atoms with Gasteiger partial charge in [0.15, 0.2) is 6.61 Å². The summed E-state index contributed by atoms with van der Waals surface area (Å²) < 4.78 is 10.3. The molecule has 4 rings (SSSR count). The van der Waals surface area contributed by atoms with Gasteiger partial charge >= 0.3 is 6.09 Å². The number of furan rings is 1. The molecule has 3 aromatic rings. The Bertz CT molecular complexity index is 876. The van der Waals surface area contributed by atoms with Crippen LogP contribution in [0.2, 0.25) is 0 Å². The Morgan fingerprint density at radius 3 is 2.81 bits per heavy atom. The van der Waals surface area contributed by atoms with Gasteiger partial charge in [0.25, 0.3) is 0 Å². The first-order chi connectivity index (χ1) is 12.8. The van der Waals surface area contributed by atoms with E-state index in [0.717, 1.165) is 25.2 Å². The summed E-state index contributed by atoms with van der Waals surface area (Å²) in [6.45, 7) is 2.00. The Balaban J connectivity index is 1.37. The van der Waals surface area contributed by atoms with Crippen molar-refractivity contribution in [3.63, 3.8) is 0 Å². The molecule has 1 aliphatic rings. The van der Waals surface area contributed by atoms with E-state index in [1.54, 1.807) is 18.4 Å². The molecule has 5 heteroatoms. The standard InChI is InChI=1S/C21H20N2O3/c24-21(26-15-19-7-4-12-25-19)22-18-8-9-20-17(13-18)10-11-23(20)14-16-5-2-1-3-6-16/h1-9,12-13H,10-11,14-15H2,(H,22,24). The van der Waals surface area contributed by atoms with Gasteiger partial charge in [0, 0.05) is 24.5 Å². The van der Waals surface area contributed by atoms with Crippen molar-refractivity contribution in [1.82, 2.24) is 0 Å². The largest absolute Gasteiger partial charge is 0.466 e. The van der Waals surface area contributed by atoms with Crippen LogP contribution in [-0.4, -0.2) is 12.6 Å². The summed E-state index contributed by atoms with van der Waals surface area (Å²) in [5.74, 6) is 0.616. The van der Waals surface area contributed by atoms with Crippen LogP contribution in [0.15, 0.2) is 71.3 Å². The Morgan fingerprint density at radius 1 is 1.12 bits per heavy atom. The Labute approximate surface area is 152 Å². The van der Waals surface area contributed by atoms with Gasteiger partial charge in [-0.3, -0.25) is 5.32 Å². The lowest BCUT2D eigenvalue weighted by Crippen LogP contribution is -2.19. The second-order valence-corrected chi connectivity index (χ2v) is 6.28. The van der Waals surface area contributed by atoms with Crippen LogP contribution >= 0.6 is 0 Å². The van der Waals surface area contributed by atoms with E-state index in [1.165, 1.54) is 16.8 Å². The third kappa shape index (κ3) is 3.72. The maximum Gasteiger partial charge on any atom is 0.412 e. The molecule has 132 valence electrons. The van der Waals surface area contributed by atoms with Crippen LogP contribution in [0.5, 0.6) is 0 Å². The van der Waals surface area contributed by atoms with Gasteiger partial charge in [-0.15, -0.1) is 0 Å². The van der Waals surface area contributed by atoms with Gasteiger partial charge in [0.1, 0.15) is 5.76 Å². The highest BCUT2D eigenvalue weighted by molar-refractivity contribution is 5.85. The molecule has 0 atom stereocenters. The van der Waals surface area contributed by atoms with Crippen LogP contribution < -0.4 is 10.2 Å². The topological polar surface area (TPSA) is 54.7 Å². The lowest BCUT2D eigenvalue weighted by atomic mass is 10.1. The minimum atomic E-state index is -0.486. The minimum Gasteiger partial charge on any atom is -0.466 e. The normalized spacial score (nSPS) is 12.7. The quantitative estimate of drug-likeness (QED) is 0.733. The number of benzene rings is 2. The van der Waals surface area contributed by atoms with Crippen molar-refractivity contribution in [3.8, 4) is 0 Å². The number of nitrogens with one attached hydrogen (secondary N) is 1. The van der Waals surface area contributed by atoms with Crippen molar-refractivity contribution < 1.29 is 13.9 Å². The fourth-order valence-electron chi connectivity index (χ4n) is 3.20. The highest BCUT2D eigenvalue weighted by Gasteiger charge is 2.19. The van der Waals surface area contributed by atoms with Crippen molar-refractivity contribution in [3.05, 3.63) is 83.8 Å². The molecule has 26 heavy (non-hydrogen) atoms. The third-order valence-corrected chi connectivity index (χ3v) is 4.46. The first-order valence-corrected chi connectivity index (χ1v) is 8.66. The van der Waals surface area contributed by atoms with Crippen LogP contribution in [0.25, 0.3) is 0 Å². The van der Waals surface area contributed by atoms with E-state index >= 15 is 0 Å². The number of amides is 1. The smallest absolute Gasteiger partial charge is 0.412 e. The number of anilines is 2. The fourth-order valence-corrected chi connectivity index (χ4v) is 3.20. The summed E-state index contributed by atoms with van der Waals surface area (Å²) in [6, 6.07) is 20.0. The molecule has 1 aliphatic heterocycles. The van der Waals surface area contributed by atoms with Crippen LogP contribution in [-0.2, 0) is 24.3 Å². The summed E-state index contributed by atoms with van der Waals surface area (Å²) >= 11 is 0. The number of rotatable bonds is 5. The Hall–Kier alpha value is -3.21. The van der Waals surface area contributed by atoms with Crippen LogP contribution in [0.4, 0.5) is 16.2 Å². The molecule has 5 nitrogen and oxygen atoms in total. The first-order valence-electron chi connectivity index (χ1n) is 8.66. The number of fused-ring (bicyclic) bond motifs is 1. The maximum atomic E-state index is 11.9. The number of nitrogens with zero attached hydrogens (tertiary/aromatic N) is 1. The molecular weight excluding hydrogens is 328 g/mol. The third-order valence-electron chi connectivity index (χ3n) is 4.46. The SMILES string of the molecule is O=C(Nc1ccc2c(c1)CCN2Cc1ccccc1)OCc1ccco1. The molecule has 1 aromatic heterocycles. The molecule has 0 unspecified atom stereocenters. The first kappa shape index (κ1) is 16.3. The second-order valence-electron chi connectivity index (χ2n) is 6.28. The predicted molar refractivity (Wildman–Crippen MR) is 100 cm³/mol. The number of carbonyl (C=O) groups is 1. The van der Waals surface area contributed by atoms with Gasteiger partial charge in [0.05, 0.1) is 6.26 Å². The number of hydrogen-bond acceptors (Lipinski definition) is 4. The zero-order valence-corrected chi connectivity index (χ0v) is 14.4. The summed E-state index contributed by atoms with van der Waals surface area (Å²) in [4.78, 5) is 14.3. The molecule has 2 heterocycles. The zero-order chi connectivity index (χ0) is 17.8. The van der Waals surface area contributed by atoms with E-state index < -0.39 is 6.09 Å². The molecule has 0 saturated carbocycles. The molecule has 0 spiro atoms. The van der Waals surface area contributed by atoms with Crippen LogP contribution in [0.1, 0.15) is 16.9 Å². The molecule has 1 N–H and O–H groups in total. The molecule has 0 fully saturated rings. The van der Waals surface area contributed by atoms with E-state index in [-0.39, 0.29) is 6.61 Å². The van der Waals surface area contributed by atoms with Crippen molar-refractivity contribution in [1.29, 1.82) is 0 Å². The lowest BCUT2D eigenvalue weighted by Gasteiger charge is -2.19. The number of hydrogen-bond donors (Lipinski definition) is 1. The zero-order valence-electron chi connectivity index (χ0n) is 14.4. The van der Waals surface area contributed by atoms with Crippen LogP contribution in [0.3, 0.4) is 0 Å². The van der Waals surface area contributed by atoms with E-state index in [0.29, 0.717) is 5.76 Å². The lowest BCUT2D eigenvalue weighted by molar-refractivity contribution is 0.146. The summed E-state index contributed by atoms with van der Waals surface area (Å²) in [5, 5.41) is 2.78. The van der Waals surface area contributed by atoms with E-state index in [1.807, 2.05) is 18.2 Å². The van der Waals surface area contributed by atoms with Gasteiger partial charge in [-0.05, 0) is 47.9 Å². The monoisotopic (exact) mass is 348 g/mol. The van der Waals surface area contributed by atoms with Crippen molar-refractivity contribution in [2.24, 2.45) is 0 Å². The predicted octanol–water partition coefficient (Wildman–Crippen LogP) is 4.59. The van der Waals surface area contributed by atoms with Crippen molar-refractivity contribution >= 4 is 17.5 Å². The highest BCUT2D eigenvalue weighted by atomic mass is 16.6. The Kier molecular flexibility index (Phi) is 4.60. The number of ether oxygens (including phenoxy) is 1. The van der Waals surface area contributed by atoms with Gasteiger partial charge in [-0.2, -0.15) is 0 Å². The van der Waals surface area contributed by atoms with E-state index in [2.05, 4.69) is 40.5 Å². The van der Waals surface area contributed by atoms with Gasteiger partial charge in [-0.25, -0.2) is 4.79 Å². The molecular formula is C21H20N2O3. The van der Waals surface area contributed by atoms with Gasteiger partial charge in [-0.1, -0.05) is 30.3 Å². The van der Waals surface area contributed by atoms with Crippen LogP contribution in [0, 0.1) is 0 Å². The average molecular weight is 348 g/mol. The fraction of sp³-hybridized carbons (Fsp3) is 0.190. The van der Waals surface area contributed by atoms with Crippen molar-refractivity contribution in [2.45, 2.75) is 19.6 Å². The molecule has 2 aromatic carbocycles. The van der Waals surface area contributed by atoms with Gasteiger partial charge in [0.2, 0.25) is 0 Å². The number of carbonyl (C=O) groups excluding carboxylic acids is 1. The van der Waals surface area contributed by atoms with E-state index in [9.17, 15) is 4.79 Å². The highest BCUT2D eigenvalue weighted by Crippen LogP contribution is 2.31. The maximum absolute atomic E-state index is 11.9. The minimum absolute atomic E-state index is 0.120. The Morgan fingerprint density at radius 2 is 2.00 bits per heavy atom. The molecule has 1 amide bonds. The molecule has 0 aliphatic carbocycles. The summed E-state index contributed by atoms with van der Waals surface area (Å²) in [5.41, 5.74) is 4.51. The second kappa shape index (κ2) is 7.35. The van der Waals surface area contributed by atoms with Gasteiger partial charge < -0.3 is 14.1 Å². The molecule has 0 bridgehead atoms. The summed E-state index contributed by atoms with van der Waals surface area (Å²) in [6.07, 6.45) is 2.04.